The van der Waals surface area contributed by atoms with Gasteiger partial charge in [-0.1, -0.05) is 31.4 Å². The Bertz CT molecular complexity index is 409. The second-order valence-electron chi connectivity index (χ2n) is 5.56. The Morgan fingerprint density at radius 1 is 1.35 bits per heavy atom. The van der Waals surface area contributed by atoms with Gasteiger partial charge in [-0.25, -0.2) is 0 Å². The average Bonchev–Trinajstić information content (AvgIpc) is 2.69. The van der Waals surface area contributed by atoms with Crippen molar-refractivity contribution in [3.63, 3.8) is 0 Å². The molecule has 0 aromatic heterocycles. The van der Waals surface area contributed by atoms with Crippen LogP contribution < -0.4 is 11.1 Å². The van der Waals surface area contributed by atoms with E-state index in [0.717, 1.165) is 17.8 Å². The van der Waals surface area contributed by atoms with Crippen LogP contribution in [-0.2, 0) is 0 Å². The van der Waals surface area contributed by atoms with Crippen LogP contribution >= 0.6 is 11.6 Å². The van der Waals surface area contributed by atoms with Gasteiger partial charge in [0.1, 0.15) is 0 Å². The Hall–Kier alpha value is -0.890. The lowest BCUT2D eigenvalue weighted by molar-refractivity contribution is 0.362. The van der Waals surface area contributed by atoms with E-state index in [1.54, 1.807) is 0 Å². The van der Waals surface area contributed by atoms with Gasteiger partial charge in [0.05, 0.1) is 10.7 Å². The fourth-order valence-electron chi connectivity index (χ4n) is 2.61. The zero-order valence-corrected chi connectivity index (χ0v) is 11.4. The maximum atomic E-state index is 6.05. The van der Waals surface area contributed by atoms with Crippen LogP contribution in [0, 0.1) is 12.3 Å². The molecule has 0 atom stereocenters. The number of nitrogens with one attached hydrogen (secondary N) is 1. The van der Waals surface area contributed by atoms with Crippen molar-refractivity contribution in [3.8, 4) is 0 Å². The summed E-state index contributed by atoms with van der Waals surface area (Å²) in [6, 6.07) is 3.87. The number of rotatable bonds is 3. The van der Waals surface area contributed by atoms with E-state index < -0.39 is 0 Å². The lowest BCUT2D eigenvalue weighted by Gasteiger charge is -2.25. The fourth-order valence-corrected chi connectivity index (χ4v) is 2.77. The molecule has 1 aromatic carbocycles. The van der Waals surface area contributed by atoms with Gasteiger partial charge >= 0.3 is 0 Å². The van der Waals surface area contributed by atoms with Crippen LogP contribution in [0.3, 0.4) is 0 Å². The molecule has 94 valence electrons. The minimum Gasteiger partial charge on any atom is -0.398 e. The van der Waals surface area contributed by atoms with Crippen LogP contribution in [0.1, 0.15) is 38.2 Å². The fraction of sp³-hybridized carbons (Fsp3) is 0.571. The van der Waals surface area contributed by atoms with E-state index in [0.29, 0.717) is 16.1 Å². The third-order valence-corrected chi connectivity index (χ3v) is 4.19. The van der Waals surface area contributed by atoms with E-state index >= 15 is 0 Å². The zero-order valence-electron chi connectivity index (χ0n) is 10.6. The van der Waals surface area contributed by atoms with Gasteiger partial charge in [0.15, 0.2) is 0 Å². The number of aryl methyl sites for hydroxylation is 1. The normalized spacial score (nSPS) is 18.3. The smallest absolute Gasteiger partial charge is 0.0656 e. The maximum Gasteiger partial charge on any atom is 0.0656 e. The first-order valence-corrected chi connectivity index (χ1v) is 6.67. The first-order chi connectivity index (χ1) is 8.00. The summed E-state index contributed by atoms with van der Waals surface area (Å²) in [6.45, 7) is 5.45. The number of nitrogen functional groups attached to an aromatic ring is 1. The number of benzene rings is 1. The zero-order chi connectivity index (χ0) is 12.5. The first-order valence-electron chi connectivity index (χ1n) is 6.30. The van der Waals surface area contributed by atoms with Crippen molar-refractivity contribution in [2.45, 2.75) is 39.5 Å². The molecule has 0 amide bonds. The monoisotopic (exact) mass is 252 g/mol. The Balaban J connectivity index is 2.06. The van der Waals surface area contributed by atoms with Crippen molar-refractivity contribution >= 4 is 23.0 Å². The summed E-state index contributed by atoms with van der Waals surface area (Å²) >= 11 is 6.05. The standard InChI is InChI=1S/C14H21ClN2/c1-10-7-12(16)11(15)8-13(10)17-9-14(2)5-3-4-6-14/h7-8,17H,3-6,9,16H2,1-2H3. The molecule has 2 nitrogen and oxygen atoms in total. The van der Waals surface area contributed by atoms with E-state index in [-0.39, 0.29) is 0 Å². The predicted octanol–water partition coefficient (Wildman–Crippen LogP) is 4.22. The molecule has 0 bridgehead atoms. The van der Waals surface area contributed by atoms with Crippen LogP contribution in [0.25, 0.3) is 0 Å². The molecule has 0 aliphatic heterocycles. The molecule has 0 saturated heterocycles. The molecule has 1 saturated carbocycles. The third-order valence-electron chi connectivity index (χ3n) is 3.86. The van der Waals surface area contributed by atoms with Crippen LogP contribution in [-0.4, -0.2) is 6.54 Å². The molecule has 0 heterocycles. The highest BCUT2D eigenvalue weighted by atomic mass is 35.5. The topological polar surface area (TPSA) is 38.0 Å². The van der Waals surface area contributed by atoms with Crippen molar-refractivity contribution in [1.82, 2.24) is 0 Å². The number of hydrogen-bond donors (Lipinski definition) is 2. The summed E-state index contributed by atoms with van der Waals surface area (Å²) in [5.74, 6) is 0. The summed E-state index contributed by atoms with van der Waals surface area (Å²) < 4.78 is 0. The Labute approximate surface area is 109 Å². The minimum atomic E-state index is 0.445. The molecular weight excluding hydrogens is 232 g/mol. The Morgan fingerprint density at radius 3 is 2.65 bits per heavy atom. The molecule has 17 heavy (non-hydrogen) atoms. The highest BCUT2D eigenvalue weighted by Gasteiger charge is 2.28. The number of halogens is 1. The summed E-state index contributed by atoms with van der Waals surface area (Å²) in [7, 11) is 0. The van der Waals surface area contributed by atoms with E-state index in [9.17, 15) is 0 Å². The van der Waals surface area contributed by atoms with Crippen LogP contribution in [0.15, 0.2) is 12.1 Å². The quantitative estimate of drug-likeness (QED) is 0.791. The molecule has 3 N–H and O–H groups in total. The predicted molar refractivity (Wildman–Crippen MR) is 75.7 cm³/mol. The largest absolute Gasteiger partial charge is 0.398 e. The minimum absolute atomic E-state index is 0.445. The summed E-state index contributed by atoms with van der Waals surface area (Å²) in [6.07, 6.45) is 5.36. The molecule has 0 radical (unpaired) electrons. The van der Waals surface area contributed by atoms with Gasteiger partial charge in [0.2, 0.25) is 0 Å². The molecule has 1 aliphatic rings. The van der Waals surface area contributed by atoms with Gasteiger partial charge in [-0.3, -0.25) is 0 Å². The second-order valence-corrected chi connectivity index (χ2v) is 5.97. The van der Waals surface area contributed by atoms with Crippen molar-refractivity contribution in [2.75, 3.05) is 17.6 Å². The lowest BCUT2D eigenvalue weighted by Crippen LogP contribution is -2.23. The van der Waals surface area contributed by atoms with Crippen molar-refractivity contribution in [1.29, 1.82) is 0 Å². The van der Waals surface area contributed by atoms with Gasteiger partial charge in [0.25, 0.3) is 0 Å². The Morgan fingerprint density at radius 2 is 2.00 bits per heavy atom. The van der Waals surface area contributed by atoms with Gasteiger partial charge in [-0.05, 0) is 42.9 Å². The number of hydrogen-bond acceptors (Lipinski definition) is 2. The molecule has 1 aliphatic carbocycles. The second kappa shape index (κ2) is 4.77. The molecular formula is C14H21ClN2. The van der Waals surface area contributed by atoms with Crippen LogP contribution in [0.2, 0.25) is 5.02 Å². The van der Waals surface area contributed by atoms with Gasteiger partial charge < -0.3 is 11.1 Å². The summed E-state index contributed by atoms with van der Waals surface area (Å²) in [5.41, 5.74) is 9.14. The van der Waals surface area contributed by atoms with E-state index in [2.05, 4.69) is 19.2 Å². The highest BCUT2D eigenvalue weighted by Crippen LogP contribution is 2.38. The third kappa shape index (κ3) is 2.86. The van der Waals surface area contributed by atoms with Crippen LogP contribution in [0.5, 0.6) is 0 Å². The maximum absolute atomic E-state index is 6.05. The van der Waals surface area contributed by atoms with Crippen molar-refractivity contribution in [3.05, 3.63) is 22.7 Å². The van der Waals surface area contributed by atoms with Crippen LogP contribution in [0.4, 0.5) is 11.4 Å². The summed E-state index contributed by atoms with van der Waals surface area (Å²) in [4.78, 5) is 0. The van der Waals surface area contributed by atoms with Gasteiger partial charge in [-0.2, -0.15) is 0 Å². The molecule has 3 heteroatoms. The Kier molecular flexibility index (Phi) is 3.53. The van der Waals surface area contributed by atoms with Crippen molar-refractivity contribution in [2.24, 2.45) is 5.41 Å². The van der Waals surface area contributed by atoms with Gasteiger partial charge in [-0.15, -0.1) is 0 Å². The number of nitrogens with two attached hydrogens (primary N) is 1. The average molecular weight is 253 g/mol. The molecule has 2 rings (SSSR count). The lowest BCUT2D eigenvalue weighted by atomic mass is 9.89. The van der Waals surface area contributed by atoms with E-state index in [1.807, 2.05) is 12.1 Å². The molecule has 0 unspecified atom stereocenters. The SMILES string of the molecule is Cc1cc(N)c(Cl)cc1NCC1(C)CCCC1. The highest BCUT2D eigenvalue weighted by molar-refractivity contribution is 6.33. The van der Waals surface area contributed by atoms with E-state index in [4.69, 9.17) is 17.3 Å². The van der Waals surface area contributed by atoms with Crippen molar-refractivity contribution < 1.29 is 0 Å². The summed E-state index contributed by atoms with van der Waals surface area (Å²) in [5, 5.41) is 4.16. The number of anilines is 2. The van der Waals surface area contributed by atoms with Gasteiger partial charge in [0, 0.05) is 12.2 Å². The van der Waals surface area contributed by atoms with E-state index in [1.165, 1.54) is 25.7 Å². The molecule has 1 fully saturated rings. The molecule has 1 aromatic rings. The first kappa shape index (κ1) is 12.6. The molecule has 0 spiro atoms.